The smallest absolute Gasteiger partial charge is 0.337 e. The zero-order chi connectivity index (χ0) is 13.3. The van der Waals surface area contributed by atoms with Crippen molar-refractivity contribution in [2.24, 2.45) is 0 Å². The number of hydrogen-bond acceptors (Lipinski definition) is 5. The summed E-state index contributed by atoms with van der Waals surface area (Å²) in [5.74, 6) is -0.324. The molecule has 1 aliphatic rings. The maximum Gasteiger partial charge on any atom is 0.337 e. The first-order chi connectivity index (χ1) is 8.56. The number of aliphatic hydroxyl groups is 1. The molecule has 98 valence electrons. The van der Waals surface area contributed by atoms with Crippen molar-refractivity contribution in [3.63, 3.8) is 0 Å². The molecular weight excluding hydrogens is 308 g/mol. The van der Waals surface area contributed by atoms with Gasteiger partial charge in [-0.2, -0.15) is 0 Å². The largest absolute Gasteiger partial charge is 0.495 e. The van der Waals surface area contributed by atoms with Gasteiger partial charge in [0.25, 0.3) is 0 Å². The summed E-state index contributed by atoms with van der Waals surface area (Å²) >= 11 is 3.26. The monoisotopic (exact) mass is 318 g/mol. The molecule has 2 rings (SSSR count). The molecule has 7 heteroatoms. The van der Waals surface area contributed by atoms with Gasteiger partial charge in [-0.3, -0.25) is 0 Å². The van der Waals surface area contributed by atoms with Gasteiger partial charge in [-0.15, -0.1) is 0 Å². The predicted molar refractivity (Wildman–Crippen MR) is 64.3 cm³/mol. The van der Waals surface area contributed by atoms with E-state index >= 15 is 0 Å². The predicted octanol–water partition coefficient (Wildman–Crippen LogP) is 1.35. The number of aliphatic hydroxyl groups excluding tert-OH is 1. The van der Waals surface area contributed by atoms with Crippen LogP contribution in [0.1, 0.15) is 11.7 Å². The van der Waals surface area contributed by atoms with E-state index in [4.69, 9.17) is 19.3 Å². The highest BCUT2D eigenvalue weighted by atomic mass is 79.9. The molecule has 18 heavy (non-hydrogen) atoms. The number of fused-ring (bicyclic) bond motifs is 1. The molecule has 0 saturated heterocycles. The Morgan fingerprint density at radius 1 is 1.50 bits per heavy atom. The molecule has 0 aromatic heterocycles. The average Bonchev–Trinajstić information content (AvgIpc) is 2.37. The topological polar surface area (TPSA) is 85.2 Å². The molecule has 1 aromatic carbocycles. The highest BCUT2D eigenvalue weighted by molar-refractivity contribution is 9.10. The van der Waals surface area contributed by atoms with Gasteiger partial charge in [-0.25, -0.2) is 4.79 Å². The van der Waals surface area contributed by atoms with Crippen molar-refractivity contribution in [2.45, 2.75) is 6.10 Å². The highest BCUT2D eigenvalue weighted by Gasteiger charge is 2.28. The van der Waals surface area contributed by atoms with Gasteiger partial charge in [0.05, 0.1) is 7.11 Å². The number of hydrogen-bond donors (Lipinski definition) is 2. The molecule has 0 radical (unpaired) electrons. The number of carboxylic acid groups (broad SMARTS) is 1. The van der Waals surface area contributed by atoms with Gasteiger partial charge < -0.3 is 24.4 Å². The standard InChI is InChI=1S/C11H11BrO6/c1-16-9-5(8(13)11(14)15)4-6-10(7(9)12)18-3-2-17-6/h4,8,13H,2-3H2,1H3,(H,14,15). The molecule has 0 amide bonds. The number of methoxy groups -OCH3 is 1. The molecule has 1 unspecified atom stereocenters. The van der Waals surface area contributed by atoms with Crippen molar-refractivity contribution in [2.75, 3.05) is 20.3 Å². The Balaban J connectivity index is 2.58. The van der Waals surface area contributed by atoms with E-state index in [0.717, 1.165) is 0 Å². The van der Waals surface area contributed by atoms with Crippen LogP contribution in [0.5, 0.6) is 17.2 Å². The Kier molecular flexibility index (Phi) is 3.63. The fraction of sp³-hybridized carbons (Fsp3) is 0.364. The van der Waals surface area contributed by atoms with Crippen molar-refractivity contribution in [3.05, 3.63) is 16.1 Å². The lowest BCUT2D eigenvalue weighted by atomic mass is 10.1. The van der Waals surface area contributed by atoms with Crippen LogP contribution < -0.4 is 14.2 Å². The highest BCUT2D eigenvalue weighted by Crippen LogP contribution is 2.47. The van der Waals surface area contributed by atoms with E-state index in [1.807, 2.05) is 0 Å². The zero-order valence-corrected chi connectivity index (χ0v) is 11.1. The van der Waals surface area contributed by atoms with E-state index in [-0.39, 0.29) is 11.3 Å². The average molecular weight is 319 g/mol. The Hall–Kier alpha value is -1.47. The summed E-state index contributed by atoms with van der Waals surface area (Å²) in [6, 6.07) is 1.41. The number of carbonyl (C=O) groups is 1. The van der Waals surface area contributed by atoms with Gasteiger partial charge in [0.2, 0.25) is 0 Å². The minimum atomic E-state index is -1.69. The second-order valence-corrected chi connectivity index (χ2v) is 4.37. The van der Waals surface area contributed by atoms with Crippen molar-refractivity contribution < 1.29 is 29.2 Å². The first kappa shape index (κ1) is 13.0. The first-order valence-electron chi connectivity index (χ1n) is 5.13. The minimum absolute atomic E-state index is 0.112. The summed E-state index contributed by atoms with van der Waals surface area (Å²) in [4.78, 5) is 10.9. The fourth-order valence-corrected chi connectivity index (χ4v) is 2.39. The number of benzene rings is 1. The Morgan fingerprint density at radius 3 is 2.78 bits per heavy atom. The fourth-order valence-electron chi connectivity index (χ4n) is 1.69. The van der Waals surface area contributed by atoms with Crippen LogP contribution in [0.25, 0.3) is 0 Å². The van der Waals surface area contributed by atoms with Gasteiger partial charge in [-0.05, 0) is 22.0 Å². The molecule has 0 fully saturated rings. The Bertz CT molecular complexity index is 487. The van der Waals surface area contributed by atoms with Crippen LogP contribution in [0.15, 0.2) is 10.5 Å². The number of halogens is 1. The maximum atomic E-state index is 10.9. The van der Waals surface area contributed by atoms with E-state index in [9.17, 15) is 9.90 Å². The third-order valence-corrected chi connectivity index (χ3v) is 3.21. The van der Waals surface area contributed by atoms with Crippen molar-refractivity contribution in [3.8, 4) is 17.2 Å². The van der Waals surface area contributed by atoms with Crippen molar-refractivity contribution in [1.29, 1.82) is 0 Å². The number of aliphatic carboxylic acids is 1. The maximum absolute atomic E-state index is 10.9. The molecule has 0 bridgehead atoms. The molecule has 0 aliphatic carbocycles. The van der Waals surface area contributed by atoms with Crippen LogP contribution in [0.2, 0.25) is 0 Å². The normalized spacial score (nSPS) is 15.1. The summed E-state index contributed by atoms with van der Waals surface area (Å²) in [5, 5.41) is 18.5. The van der Waals surface area contributed by atoms with Crippen LogP contribution in [0.4, 0.5) is 0 Å². The zero-order valence-electron chi connectivity index (χ0n) is 9.47. The molecule has 1 aliphatic heterocycles. The summed E-state index contributed by atoms with van der Waals surface area (Å²) in [7, 11) is 1.38. The lowest BCUT2D eigenvalue weighted by Gasteiger charge is -2.23. The Morgan fingerprint density at radius 2 is 2.17 bits per heavy atom. The van der Waals surface area contributed by atoms with E-state index in [2.05, 4.69) is 15.9 Å². The molecule has 0 saturated carbocycles. The number of ether oxygens (including phenoxy) is 3. The molecule has 6 nitrogen and oxygen atoms in total. The van der Waals surface area contributed by atoms with Gasteiger partial charge in [0, 0.05) is 5.56 Å². The second-order valence-electron chi connectivity index (χ2n) is 3.58. The molecule has 0 spiro atoms. The number of carboxylic acids is 1. The van der Waals surface area contributed by atoms with Crippen molar-refractivity contribution >= 4 is 21.9 Å². The van der Waals surface area contributed by atoms with E-state index < -0.39 is 12.1 Å². The van der Waals surface area contributed by atoms with Gasteiger partial charge in [0.15, 0.2) is 17.6 Å². The van der Waals surface area contributed by atoms with Crippen LogP contribution in [-0.4, -0.2) is 36.5 Å². The first-order valence-corrected chi connectivity index (χ1v) is 5.92. The summed E-state index contributed by atoms with van der Waals surface area (Å²) in [6.07, 6.45) is -1.69. The minimum Gasteiger partial charge on any atom is -0.495 e. The Labute approximate surface area is 111 Å². The van der Waals surface area contributed by atoms with Crippen LogP contribution >= 0.6 is 15.9 Å². The molecular formula is C11H11BrO6. The number of rotatable bonds is 3. The molecule has 1 aromatic rings. The van der Waals surface area contributed by atoms with Crippen LogP contribution in [0, 0.1) is 0 Å². The third-order valence-electron chi connectivity index (χ3n) is 2.49. The summed E-state index contributed by atoms with van der Waals surface area (Å²) < 4.78 is 16.3. The lowest BCUT2D eigenvalue weighted by Crippen LogP contribution is -2.18. The molecule has 1 atom stereocenters. The second kappa shape index (κ2) is 5.03. The molecule has 2 N–H and O–H groups in total. The summed E-state index contributed by atoms with van der Waals surface area (Å²) in [5.41, 5.74) is 0.112. The van der Waals surface area contributed by atoms with E-state index in [0.29, 0.717) is 29.2 Å². The summed E-state index contributed by atoms with van der Waals surface area (Å²) in [6.45, 7) is 0.768. The lowest BCUT2D eigenvalue weighted by molar-refractivity contribution is -0.147. The van der Waals surface area contributed by atoms with Crippen LogP contribution in [-0.2, 0) is 4.79 Å². The SMILES string of the molecule is COc1c(C(O)C(=O)O)cc2c(c1Br)OCCO2. The van der Waals surface area contributed by atoms with Gasteiger partial charge in [-0.1, -0.05) is 0 Å². The third kappa shape index (κ3) is 2.11. The van der Waals surface area contributed by atoms with Gasteiger partial charge >= 0.3 is 5.97 Å². The van der Waals surface area contributed by atoms with Gasteiger partial charge in [0.1, 0.15) is 23.4 Å². The quantitative estimate of drug-likeness (QED) is 0.875. The van der Waals surface area contributed by atoms with E-state index in [1.165, 1.54) is 13.2 Å². The van der Waals surface area contributed by atoms with E-state index in [1.54, 1.807) is 0 Å². The van der Waals surface area contributed by atoms with Crippen molar-refractivity contribution in [1.82, 2.24) is 0 Å². The molecule has 1 heterocycles. The van der Waals surface area contributed by atoms with Crippen LogP contribution in [0.3, 0.4) is 0 Å².